The lowest BCUT2D eigenvalue weighted by Crippen LogP contribution is -2.48. The lowest BCUT2D eigenvalue weighted by atomic mass is 10.0. The quantitative estimate of drug-likeness (QED) is 0.899. The van der Waals surface area contributed by atoms with Crippen LogP contribution in [0.2, 0.25) is 0 Å². The van der Waals surface area contributed by atoms with E-state index in [4.69, 9.17) is 0 Å². The maximum Gasteiger partial charge on any atom is 0.275 e. The van der Waals surface area contributed by atoms with E-state index in [1.54, 1.807) is 6.20 Å². The van der Waals surface area contributed by atoms with Crippen LogP contribution in [-0.2, 0) is 0 Å². The second-order valence-electron chi connectivity index (χ2n) is 4.99. The predicted octanol–water partition coefficient (Wildman–Crippen LogP) is 1.53. The van der Waals surface area contributed by atoms with Crippen LogP contribution in [0.3, 0.4) is 0 Å². The summed E-state index contributed by atoms with van der Waals surface area (Å²) in [4.78, 5) is 14.2. The van der Waals surface area contributed by atoms with Gasteiger partial charge in [-0.25, -0.2) is 0 Å². The average Bonchev–Trinajstić information content (AvgIpc) is 2.90. The largest absolute Gasteiger partial charge is 0.333 e. The van der Waals surface area contributed by atoms with Gasteiger partial charge in [0, 0.05) is 18.6 Å². The molecule has 0 bridgehead atoms. The van der Waals surface area contributed by atoms with Crippen LogP contribution in [0.15, 0.2) is 6.20 Å². The third-order valence-electron chi connectivity index (χ3n) is 3.29. The summed E-state index contributed by atoms with van der Waals surface area (Å²) in [5.74, 6) is -0.00822. The fourth-order valence-corrected chi connectivity index (χ4v) is 2.66. The highest BCUT2D eigenvalue weighted by Gasteiger charge is 2.24. The van der Waals surface area contributed by atoms with E-state index in [-0.39, 0.29) is 11.9 Å². The summed E-state index contributed by atoms with van der Waals surface area (Å²) in [7, 11) is 0. The first-order valence-electron chi connectivity index (χ1n) is 6.50. The highest BCUT2D eigenvalue weighted by Crippen LogP contribution is 2.13. The minimum atomic E-state index is -0.00822. The number of carbonyl (C=O) groups is 1. The van der Waals surface area contributed by atoms with Crippen LogP contribution in [0.1, 0.15) is 43.6 Å². The number of nitrogens with zero attached hydrogens (tertiary/aromatic N) is 3. The molecule has 6 heteroatoms. The lowest BCUT2D eigenvalue weighted by Gasteiger charge is -2.32. The monoisotopic (exact) mass is 268 g/mol. The van der Waals surface area contributed by atoms with Crippen molar-refractivity contribution in [1.82, 2.24) is 19.0 Å². The van der Waals surface area contributed by atoms with Crippen molar-refractivity contribution >= 4 is 17.6 Å². The number of piperidine rings is 1. The van der Waals surface area contributed by atoms with E-state index >= 15 is 0 Å². The van der Waals surface area contributed by atoms with Gasteiger partial charge in [0.25, 0.3) is 5.91 Å². The standard InChI is InChI=1S/C12H20N4OS/c1-9(2)16(8-10-5-3-4-6-13-10)12(17)11-7-14-18-15-11/h7,9-10,13H,3-6,8H2,1-2H3. The molecular formula is C12H20N4OS. The molecule has 2 rings (SSSR count). The molecule has 1 fully saturated rings. The molecule has 100 valence electrons. The second-order valence-corrected chi connectivity index (χ2v) is 5.55. The number of hydrogen-bond donors (Lipinski definition) is 1. The van der Waals surface area contributed by atoms with Gasteiger partial charge in [-0.05, 0) is 33.2 Å². The summed E-state index contributed by atoms with van der Waals surface area (Å²) in [6.45, 7) is 5.90. The van der Waals surface area contributed by atoms with Crippen molar-refractivity contribution in [2.24, 2.45) is 0 Å². The fourth-order valence-electron chi connectivity index (χ4n) is 2.25. The molecule has 1 aliphatic heterocycles. The van der Waals surface area contributed by atoms with Gasteiger partial charge in [0.05, 0.1) is 17.9 Å². The number of aromatic nitrogens is 2. The lowest BCUT2D eigenvalue weighted by molar-refractivity contribution is 0.0672. The zero-order chi connectivity index (χ0) is 13.0. The molecule has 1 aromatic heterocycles. The van der Waals surface area contributed by atoms with Crippen molar-refractivity contribution in [3.63, 3.8) is 0 Å². The van der Waals surface area contributed by atoms with Gasteiger partial charge in [-0.1, -0.05) is 6.42 Å². The fraction of sp³-hybridized carbons (Fsp3) is 0.750. The first-order valence-corrected chi connectivity index (χ1v) is 7.23. The maximum atomic E-state index is 12.3. The van der Waals surface area contributed by atoms with Crippen LogP contribution < -0.4 is 5.32 Å². The van der Waals surface area contributed by atoms with Gasteiger partial charge in [-0.2, -0.15) is 8.75 Å². The van der Waals surface area contributed by atoms with Crippen LogP contribution in [0.4, 0.5) is 0 Å². The van der Waals surface area contributed by atoms with Crippen molar-refractivity contribution < 1.29 is 4.79 Å². The molecule has 18 heavy (non-hydrogen) atoms. The minimum Gasteiger partial charge on any atom is -0.333 e. The summed E-state index contributed by atoms with van der Waals surface area (Å²) in [5.41, 5.74) is 0.463. The molecule has 1 saturated heterocycles. The third-order valence-corrected chi connectivity index (χ3v) is 3.77. The van der Waals surface area contributed by atoms with Crippen molar-refractivity contribution in [2.45, 2.75) is 45.2 Å². The Hall–Kier alpha value is -1.01. The molecule has 0 aliphatic carbocycles. The zero-order valence-corrected chi connectivity index (χ0v) is 11.7. The molecule has 0 spiro atoms. The van der Waals surface area contributed by atoms with Gasteiger partial charge in [0.2, 0.25) is 0 Å². The van der Waals surface area contributed by atoms with Gasteiger partial charge in [0.1, 0.15) is 0 Å². The molecule has 1 aliphatic rings. The van der Waals surface area contributed by atoms with Gasteiger partial charge >= 0.3 is 0 Å². The zero-order valence-electron chi connectivity index (χ0n) is 10.9. The highest BCUT2D eigenvalue weighted by atomic mass is 32.1. The van der Waals surface area contributed by atoms with Crippen molar-refractivity contribution in [2.75, 3.05) is 13.1 Å². The van der Waals surface area contributed by atoms with E-state index in [2.05, 4.69) is 14.1 Å². The van der Waals surface area contributed by atoms with E-state index in [9.17, 15) is 4.79 Å². The molecule has 0 saturated carbocycles. The molecule has 1 aromatic rings. The Labute approximate surface area is 112 Å². The predicted molar refractivity (Wildman–Crippen MR) is 71.7 cm³/mol. The Kier molecular flexibility index (Phi) is 4.66. The third kappa shape index (κ3) is 3.26. The molecule has 1 unspecified atom stereocenters. The van der Waals surface area contributed by atoms with Crippen molar-refractivity contribution in [3.8, 4) is 0 Å². The number of carbonyl (C=O) groups excluding carboxylic acids is 1. The number of amides is 1. The van der Waals surface area contributed by atoms with Crippen LogP contribution in [0.5, 0.6) is 0 Å². The number of rotatable bonds is 4. The van der Waals surface area contributed by atoms with Gasteiger partial charge < -0.3 is 10.2 Å². The molecule has 2 heterocycles. The summed E-state index contributed by atoms with van der Waals surface area (Å²) in [6.07, 6.45) is 5.18. The molecular weight excluding hydrogens is 248 g/mol. The Morgan fingerprint density at radius 1 is 1.61 bits per heavy atom. The normalized spacial score (nSPS) is 20.1. The highest BCUT2D eigenvalue weighted by molar-refractivity contribution is 6.99. The molecule has 0 radical (unpaired) electrons. The van der Waals surface area contributed by atoms with Crippen molar-refractivity contribution in [1.29, 1.82) is 0 Å². The minimum absolute atomic E-state index is 0.00822. The Morgan fingerprint density at radius 2 is 2.44 bits per heavy atom. The summed E-state index contributed by atoms with van der Waals surface area (Å²) in [6, 6.07) is 0.597. The smallest absolute Gasteiger partial charge is 0.275 e. The summed E-state index contributed by atoms with van der Waals surface area (Å²) in [5, 5.41) is 3.48. The van der Waals surface area contributed by atoms with Gasteiger partial charge in [-0.15, -0.1) is 0 Å². The van der Waals surface area contributed by atoms with Crippen LogP contribution in [-0.4, -0.2) is 44.7 Å². The van der Waals surface area contributed by atoms with E-state index in [0.717, 1.165) is 31.2 Å². The van der Waals surface area contributed by atoms with Crippen LogP contribution in [0, 0.1) is 0 Å². The number of nitrogens with one attached hydrogen (secondary N) is 1. The summed E-state index contributed by atoms with van der Waals surface area (Å²) >= 11 is 1.08. The Bertz CT molecular complexity index is 373. The van der Waals surface area contributed by atoms with Gasteiger partial charge in [-0.3, -0.25) is 4.79 Å². The first-order chi connectivity index (χ1) is 8.68. The van der Waals surface area contributed by atoms with Crippen LogP contribution >= 0.6 is 11.7 Å². The summed E-state index contributed by atoms with van der Waals surface area (Å²) < 4.78 is 7.93. The Balaban J connectivity index is 2.01. The molecule has 1 N–H and O–H groups in total. The number of hydrogen-bond acceptors (Lipinski definition) is 5. The van der Waals surface area contributed by atoms with Crippen molar-refractivity contribution in [3.05, 3.63) is 11.9 Å². The second kappa shape index (κ2) is 6.24. The van der Waals surface area contributed by atoms with E-state index in [1.807, 2.05) is 18.7 Å². The molecule has 1 amide bonds. The molecule has 0 aromatic carbocycles. The van der Waals surface area contributed by atoms with E-state index in [1.165, 1.54) is 12.8 Å². The molecule has 1 atom stereocenters. The first kappa shape index (κ1) is 13.4. The molecule has 5 nitrogen and oxygen atoms in total. The van der Waals surface area contributed by atoms with Gasteiger partial charge in [0.15, 0.2) is 5.69 Å². The van der Waals surface area contributed by atoms with E-state index in [0.29, 0.717) is 11.7 Å². The van der Waals surface area contributed by atoms with E-state index < -0.39 is 0 Å². The van der Waals surface area contributed by atoms with Crippen LogP contribution in [0.25, 0.3) is 0 Å². The average molecular weight is 268 g/mol. The Morgan fingerprint density at radius 3 is 3.00 bits per heavy atom. The SMILES string of the molecule is CC(C)N(CC1CCCCN1)C(=O)c1cnsn1. The maximum absolute atomic E-state index is 12.3. The topological polar surface area (TPSA) is 58.1 Å².